The van der Waals surface area contributed by atoms with Crippen LogP contribution in [0.1, 0.15) is 51.3 Å². The molecule has 2 fully saturated rings. The Morgan fingerprint density at radius 2 is 1.86 bits per heavy atom. The number of likely N-dealkylation sites (tertiary alicyclic amines) is 1. The topological polar surface area (TPSA) is 49.3 Å². The second kappa shape index (κ2) is 6.30. The molecule has 0 saturated carbocycles. The van der Waals surface area contributed by atoms with E-state index in [0.29, 0.717) is 11.8 Å². The summed E-state index contributed by atoms with van der Waals surface area (Å²) in [7, 11) is 0. The van der Waals surface area contributed by atoms with Gasteiger partial charge in [-0.1, -0.05) is 13.8 Å². The van der Waals surface area contributed by atoms with Crippen molar-refractivity contribution < 1.29 is 4.79 Å². The van der Waals surface area contributed by atoms with E-state index in [1.807, 2.05) is 0 Å². The van der Waals surface area contributed by atoms with Crippen LogP contribution in [0.15, 0.2) is 0 Å². The van der Waals surface area contributed by atoms with Crippen LogP contribution >= 0.6 is 11.5 Å². The zero-order chi connectivity index (χ0) is 14.8. The normalized spacial score (nSPS) is 20.5. The first kappa shape index (κ1) is 14.8. The molecule has 0 aliphatic carbocycles. The number of amides is 1. The van der Waals surface area contributed by atoms with Gasteiger partial charge in [-0.2, -0.15) is 4.37 Å². The molecule has 0 bridgehead atoms. The van der Waals surface area contributed by atoms with Gasteiger partial charge in [0.15, 0.2) is 0 Å². The summed E-state index contributed by atoms with van der Waals surface area (Å²) in [4.78, 5) is 21.4. The van der Waals surface area contributed by atoms with Crippen molar-refractivity contribution >= 4 is 22.6 Å². The standard InChI is InChI=1S/C15H24N4OS/c1-11(2)13-16-15(21-17-13)19-9-5-12(6-10-19)14(20)18-7-3-4-8-18/h11-12H,3-10H2,1-2H3. The van der Waals surface area contributed by atoms with E-state index in [2.05, 4.69) is 33.0 Å². The van der Waals surface area contributed by atoms with Crippen LogP contribution in [0, 0.1) is 5.92 Å². The van der Waals surface area contributed by atoms with Crippen LogP contribution in [0.2, 0.25) is 0 Å². The molecular formula is C15H24N4OS. The molecule has 6 heteroatoms. The van der Waals surface area contributed by atoms with Crippen LogP contribution in [-0.2, 0) is 4.79 Å². The lowest BCUT2D eigenvalue weighted by atomic mass is 9.95. The van der Waals surface area contributed by atoms with Crippen LogP contribution < -0.4 is 4.90 Å². The fourth-order valence-corrected chi connectivity index (χ4v) is 3.96. The van der Waals surface area contributed by atoms with Crippen LogP contribution in [0.5, 0.6) is 0 Å². The molecule has 0 atom stereocenters. The van der Waals surface area contributed by atoms with Crippen LogP contribution in [0.3, 0.4) is 0 Å². The second-order valence-electron chi connectivity index (χ2n) is 6.38. The van der Waals surface area contributed by atoms with Crippen molar-refractivity contribution in [2.45, 2.75) is 45.4 Å². The van der Waals surface area contributed by atoms with Crippen molar-refractivity contribution in [2.75, 3.05) is 31.1 Å². The largest absolute Gasteiger partial charge is 0.347 e. The second-order valence-corrected chi connectivity index (χ2v) is 7.11. The Kier molecular flexibility index (Phi) is 4.42. The SMILES string of the molecule is CC(C)c1nsc(N2CCC(C(=O)N3CCCC3)CC2)n1. The minimum Gasteiger partial charge on any atom is -0.347 e. The number of rotatable bonds is 3. The van der Waals surface area contributed by atoms with Gasteiger partial charge in [0.25, 0.3) is 0 Å². The van der Waals surface area contributed by atoms with Crippen molar-refractivity contribution in [2.24, 2.45) is 5.92 Å². The molecule has 0 aromatic carbocycles. The monoisotopic (exact) mass is 308 g/mol. The molecule has 21 heavy (non-hydrogen) atoms. The van der Waals surface area contributed by atoms with Crippen molar-refractivity contribution in [3.05, 3.63) is 5.82 Å². The number of aromatic nitrogens is 2. The predicted molar refractivity (Wildman–Crippen MR) is 84.7 cm³/mol. The molecule has 1 aromatic heterocycles. The summed E-state index contributed by atoms with van der Waals surface area (Å²) in [5.74, 6) is 1.92. The van der Waals surface area contributed by atoms with E-state index in [4.69, 9.17) is 0 Å². The molecule has 0 unspecified atom stereocenters. The van der Waals surface area contributed by atoms with Gasteiger partial charge in [0.2, 0.25) is 11.0 Å². The lowest BCUT2D eigenvalue weighted by Gasteiger charge is -2.32. The zero-order valence-electron chi connectivity index (χ0n) is 12.9. The van der Waals surface area contributed by atoms with Gasteiger partial charge in [-0.25, -0.2) is 4.98 Å². The molecule has 5 nitrogen and oxygen atoms in total. The lowest BCUT2D eigenvalue weighted by molar-refractivity contribution is -0.135. The average Bonchev–Trinajstić information content (AvgIpc) is 3.18. The van der Waals surface area contributed by atoms with Crippen LogP contribution in [0.25, 0.3) is 0 Å². The molecule has 0 spiro atoms. The van der Waals surface area contributed by atoms with Crippen molar-refractivity contribution in [3.63, 3.8) is 0 Å². The number of piperidine rings is 1. The molecule has 3 rings (SSSR count). The molecule has 2 saturated heterocycles. The molecular weight excluding hydrogens is 284 g/mol. The highest BCUT2D eigenvalue weighted by atomic mass is 32.1. The van der Waals surface area contributed by atoms with Gasteiger partial charge in [0.05, 0.1) is 0 Å². The van der Waals surface area contributed by atoms with Gasteiger partial charge in [-0.3, -0.25) is 4.79 Å². The fraction of sp³-hybridized carbons (Fsp3) is 0.800. The summed E-state index contributed by atoms with van der Waals surface area (Å²) in [6, 6.07) is 0. The van der Waals surface area contributed by atoms with Gasteiger partial charge in [0.1, 0.15) is 5.82 Å². The maximum Gasteiger partial charge on any atom is 0.225 e. The number of carbonyl (C=O) groups excluding carboxylic acids is 1. The highest BCUT2D eigenvalue weighted by molar-refractivity contribution is 7.09. The Morgan fingerprint density at radius 1 is 1.19 bits per heavy atom. The molecule has 1 aromatic rings. The zero-order valence-corrected chi connectivity index (χ0v) is 13.7. The first-order valence-corrected chi connectivity index (χ1v) is 8.80. The van der Waals surface area contributed by atoms with Crippen LogP contribution in [-0.4, -0.2) is 46.3 Å². The maximum atomic E-state index is 12.4. The Morgan fingerprint density at radius 3 is 2.43 bits per heavy atom. The van der Waals surface area contributed by atoms with Crippen molar-refractivity contribution in [1.29, 1.82) is 0 Å². The molecule has 3 heterocycles. The van der Waals surface area contributed by atoms with Gasteiger partial charge in [-0.15, -0.1) is 0 Å². The van der Waals surface area contributed by atoms with E-state index in [-0.39, 0.29) is 5.92 Å². The average molecular weight is 308 g/mol. The van der Waals surface area contributed by atoms with Gasteiger partial charge in [-0.05, 0) is 25.7 Å². The molecule has 1 amide bonds. The quantitative estimate of drug-likeness (QED) is 0.861. The summed E-state index contributed by atoms with van der Waals surface area (Å²) in [6.07, 6.45) is 4.25. The Balaban J connectivity index is 1.55. The van der Waals surface area contributed by atoms with E-state index < -0.39 is 0 Å². The van der Waals surface area contributed by atoms with Gasteiger partial charge in [0, 0.05) is 49.5 Å². The minimum absolute atomic E-state index is 0.219. The minimum atomic E-state index is 0.219. The summed E-state index contributed by atoms with van der Waals surface area (Å²) in [5.41, 5.74) is 0. The summed E-state index contributed by atoms with van der Waals surface area (Å²) >= 11 is 1.49. The third-order valence-electron chi connectivity index (χ3n) is 4.48. The van der Waals surface area contributed by atoms with Gasteiger partial charge < -0.3 is 9.80 Å². The van der Waals surface area contributed by atoms with E-state index in [1.54, 1.807) is 0 Å². The van der Waals surface area contributed by atoms with Crippen LogP contribution in [0.4, 0.5) is 5.13 Å². The highest BCUT2D eigenvalue weighted by Crippen LogP contribution is 2.28. The molecule has 0 radical (unpaired) electrons. The van der Waals surface area contributed by atoms with E-state index >= 15 is 0 Å². The molecule has 116 valence electrons. The Hall–Kier alpha value is -1.17. The molecule has 0 N–H and O–H groups in total. The number of nitrogens with zero attached hydrogens (tertiary/aromatic N) is 4. The smallest absolute Gasteiger partial charge is 0.225 e. The van der Waals surface area contributed by atoms with E-state index in [0.717, 1.165) is 50.0 Å². The Bertz CT molecular complexity index is 488. The number of hydrogen-bond acceptors (Lipinski definition) is 5. The Labute approximate surface area is 130 Å². The third-order valence-corrected chi connectivity index (χ3v) is 5.27. The fourth-order valence-electron chi connectivity index (χ4n) is 3.10. The van der Waals surface area contributed by atoms with E-state index in [1.165, 1.54) is 24.4 Å². The lowest BCUT2D eigenvalue weighted by Crippen LogP contribution is -2.41. The van der Waals surface area contributed by atoms with Crippen molar-refractivity contribution in [1.82, 2.24) is 14.3 Å². The van der Waals surface area contributed by atoms with E-state index in [9.17, 15) is 4.79 Å². The van der Waals surface area contributed by atoms with Gasteiger partial charge >= 0.3 is 0 Å². The molecule has 2 aliphatic heterocycles. The third kappa shape index (κ3) is 3.20. The first-order valence-electron chi connectivity index (χ1n) is 8.02. The summed E-state index contributed by atoms with van der Waals surface area (Å²) < 4.78 is 4.42. The number of carbonyl (C=O) groups is 1. The maximum absolute atomic E-state index is 12.4. The number of anilines is 1. The first-order chi connectivity index (χ1) is 10.1. The highest BCUT2D eigenvalue weighted by Gasteiger charge is 2.30. The number of hydrogen-bond donors (Lipinski definition) is 0. The summed E-state index contributed by atoms with van der Waals surface area (Å²) in [5, 5.41) is 1.02. The molecule has 2 aliphatic rings. The summed E-state index contributed by atoms with van der Waals surface area (Å²) in [6.45, 7) is 8.02. The van der Waals surface area contributed by atoms with Crippen molar-refractivity contribution in [3.8, 4) is 0 Å². The predicted octanol–water partition coefficient (Wildman–Crippen LogP) is 2.50.